The van der Waals surface area contributed by atoms with Gasteiger partial charge in [-0.05, 0) is 56.2 Å². The molecule has 2 heterocycles. The molecule has 2 aromatic rings. The van der Waals surface area contributed by atoms with Gasteiger partial charge < -0.3 is 9.64 Å². The van der Waals surface area contributed by atoms with Gasteiger partial charge in [0.05, 0.1) is 28.2 Å². The molecule has 2 aliphatic heterocycles. The third kappa shape index (κ3) is 8.70. The molecular weight excluding hydrogens is 600 g/mol. The highest BCUT2D eigenvalue weighted by Gasteiger charge is 2.36. The number of sulfone groups is 1. The average Bonchev–Trinajstić information content (AvgIpc) is 2.90. The molecule has 7 nitrogen and oxygen atoms in total. The van der Waals surface area contributed by atoms with E-state index in [2.05, 4.69) is 9.80 Å². The van der Waals surface area contributed by atoms with Crippen molar-refractivity contribution in [3.05, 3.63) is 64.7 Å². The molecule has 0 aliphatic carbocycles. The normalized spacial score (nSPS) is 23.0. The van der Waals surface area contributed by atoms with Crippen LogP contribution in [0.4, 0.5) is 26.3 Å². The van der Waals surface area contributed by atoms with Crippen LogP contribution in [0.5, 0.6) is 0 Å². The lowest BCUT2D eigenvalue weighted by atomic mass is 9.99. The smallest absolute Gasteiger partial charge is 0.373 e. The highest BCUT2D eigenvalue weighted by atomic mass is 32.2. The van der Waals surface area contributed by atoms with E-state index in [0.29, 0.717) is 37.3 Å². The van der Waals surface area contributed by atoms with E-state index in [0.717, 1.165) is 44.1 Å². The second-order valence-corrected chi connectivity index (χ2v) is 13.4. The molecule has 3 atom stereocenters. The van der Waals surface area contributed by atoms with Crippen molar-refractivity contribution >= 4 is 15.7 Å². The Bertz CT molecular complexity index is 1390. The average molecular weight is 636 g/mol. The molecule has 0 aromatic heterocycles. The number of piperazine rings is 1. The molecule has 2 saturated heterocycles. The number of hydrogen-bond acceptors (Lipinski definition) is 6. The van der Waals surface area contributed by atoms with E-state index >= 15 is 0 Å². The second-order valence-electron chi connectivity index (χ2n) is 11.4. The van der Waals surface area contributed by atoms with E-state index in [1.165, 1.54) is 17.0 Å². The Morgan fingerprint density at radius 3 is 1.98 bits per heavy atom. The van der Waals surface area contributed by atoms with E-state index in [1.807, 2.05) is 13.8 Å². The number of rotatable bonds is 7. The van der Waals surface area contributed by atoms with Crippen molar-refractivity contribution in [1.29, 1.82) is 0 Å². The monoisotopic (exact) mass is 635 g/mol. The molecule has 2 aliphatic rings. The summed E-state index contributed by atoms with van der Waals surface area (Å²) in [7, 11) is -4.07. The third-order valence-corrected chi connectivity index (χ3v) is 8.81. The van der Waals surface area contributed by atoms with Gasteiger partial charge in [0, 0.05) is 63.7 Å². The molecular formula is C29H35F6N3O4S. The quantitative estimate of drug-likeness (QED) is 0.415. The molecule has 238 valence electrons. The van der Waals surface area contributed by atoms with E-state index in [1.54, 1.807) is 0 Å². The minimum absolute atomic E-state index is 0.0786. The molecule has 2 aromatic carbocycles. The van der Waals surface area contributed by atoms with Crippen LogP contribution in [0.25, 0.3) is 0 Å². The molecule has 0 unspecified atom stereocenters. The number of nitrogens with zero attached hydrogens (tertiary/aromatic N) is 3. The van der Waals surface area contributed by atoms with Crippen LogP contribution in [0.1, 0.15) is 40.9 Å². The molecule has 0 spiro atoms. The van der Waals surface area contributed by atoms with Gasteiger partial charge in [-0.2, -0.15) is 26.3 Å². The van der Waals surface area contributed by atoms with Crippen LogP contribution in [-0.4, -0.2) is 99.3 Å². The Morgan fingerprint density at radius 1 is 0.837 bits per heavy atom. The number of hydrogen-bond donors (Lipinski definition) is 0. The van der Waals surface area contributed by atoms with Crippen LogP contribution in [0, 0.1) is 0 Å². The Morgan fingerprint density at radius 2 is 1.42 bits per heavy atom. The number of alkyl halides is 6. The van der Waals surface area contributed by atoms with Crippen LogP contribution in [0.15, 0.2) is 47.4 Å². The number of morpholine rings is 1. The Balaban J connectivity index is 1.59. The Labute approximate surface area is 247 Å². The van der Waals surface area contributed by atoms with E-state index < -0.39 is 55.7 Å². The van der Waals surface area contributed by atoms with Crippen molar-refractivity contribution in [2.45, 2.75) is 55.8 Å². The van der Waals surface area contributed by atoms with Gasteiger partial charge in [-0.25, -0.2) is 8.42 Å². The van der Waals surface area contributed by atoms with Crippen LogP contribution in [0.2, 0.25) is 0 Å². The van der Waals surface area contributed by atoms with Crippen molar-refractivity contribution in [2.24, 2.45) is 0 Å². The molecule has 0 N–H and O–H groups in total. The third-order valence-electron chi connectivity index (χ3n) is 7.72. The predicted octanol–water partition coefficient (Wildman–Crippen LogP) is 4.61. The largest absolute Gasteiger partial charge is 0.416 e. The summed E-state index contributed by atoms with van der Waals surface area (Å²) in [6.45, 7) is 7.78. The number of carbonyl (C=O) groups excluding carboxylic acids is 1. The van der Waals surface area contributed by atoms with Gasteiger partial charge in [0.2, 0.25) is 0 Å². The highest BCUT2D eigenvalue weighted by Crippen LogP contribution is 2.33. The predicted molar refractivity (Wildman–Crippen MR) is 147 cm³/mol. The van der Waals surface area contributed by atoms with Gasteiger partial charge in [0.15, 0.2) is 9.84 Å². The minimum Gasteiger partial charge on any atom is -0.373 e. The standard InChI is InChI=1S/C29H35F6N3O4S/c1-19-16-37(17-20(2)42-19)9-8-36-10-11-38(25(18-36)12-21-4-6-23(7-5-21)28(30,31)32)27(39)22-13-24(29(33,34)35)15-26(14-22)43(3,40)41/h4-7,13-15,19-20,25H,8-12,16-18H2,1-3H3/t19-,20+,25-/m1/s1. The zero-order valence-corrected chi connectivity index (χ0v) is 24.9. The Kier molecular flexibility index (Phi) is 9.84. The summed E-state index contributed by atoms with van der Waals surface area (Å²) in [5.74, 6) is -0.775. The summed E-state index contributed by atoms with van der Waals surface area (Å²) in [5, 5.41) is 0. The maximum atomic E-state index is 13.7. The van der Waals surface area contributed by atoms with E-state index in [9.17, 15) is 39.6 Å². The summed E-state index contributed by atoms with van der Waals surface area (Å²) < 4.78 is 110. The zero-order chi connectivity index (χ0) is 31.7. The van der Waals surface area contributed by atoms with Gasteiger partial charge in [0.25, 0.3) is 5.91 Å². The number of ether oxygens (including phenoxy) is 1. The van der Waals surface area contributed by atoms with Crippen LogP contribution < -0.4 is 0 Å². The summed E-state index contributed by atoms with van der Waals surface area (Å²) >= 11 is 0. The molecule has 0 radical (unpaired) electrons. The first-order chi connectivity index (χ1) is 19.9. The van der Waals surface area contributed by atoms with Gasteiger partial charge in [0.1, 0.15) is 0 Å². The topological polar surface area (TPSA) is 70.2 Å². The fourth-order valence-electron chi connectivity index (χ4n) is 5.68. The molecule has 14 heteroatoms. The molecule has 2 fully saturated rings. The Hall–Kier alpha value is -2.68. The lowest BCUT2D eigenvalue weighted by molar-refractivity contribution is -0.138. The summed E-state index contributed by atoms with van der Waals surface area (Å²) in [4.78, 5) is 18.9. The fraction of sp³-hybridized carbons (Fsp3) is 0.552. The van der Waals surface area contributed by atoms with Gasteiger partial charge in [-0.1, -0.05) is 12.1 Å². The van der Waals surface area contributed by atoms with Crippen LogP contribution in [-0.2, 0) is 33.3 Å². The fourth-order valence-corrected chi connectivity index (χ4v) is 6.36. The molecule has 1 amide bonds. The van der Waals surface area contributed by atoms with Crippen molar-refractivity contribution in [2.75, 3.05) is 52.1 Å². The van der Waals surface area contributed by atoms with E-state index in [4.69, 9.17) is 4.74 Å². The first-order valence-electron chi connectivity index (χ1n) is 13.9. The zero-order valence-electron chi connectivity index (χ0n) is 24.1. The van der Waals surface area contributed by atoms with Crippen LogP contribution in [0.3, 0.4) is 0 Å². The lowest BCUT2D eigenvalue weighted by Crippen LogP contribution is -2.57. The highest BCUT2D eigenvalue weighted by molar-refractivity contribution is 7.90. The first-order valence-corrected chi connectivity index (χ1v) is 15.8. The van der Waals surface area contributed by atoms with Crippen molar-refractivity contribution in [3.63, 3.8) is 0 Å². The second kappa shape index (κ2) is 12.7. The van der Waals surface area contributed by atoms with Gasteiger partial charge >= 0.3 is 12.4 Å². The van der Waals surface area contributed by atoms with E-state index in [-0.39, 0.29) is 25.2 Å². The van der Waals surface area contributed by atoms with Crippen LogP contribution >= 0.6 is 0 Å². The minimum atomic E-state index is -4.89. The molecule has 0 saturated carbocycles. The number of carbonyl (C=O) groups is 1. The molecule has 4 rings (SSSR count). The van der Waals surface area contributed by atoms with Crippen molar-refractivity contribution in [1.82, 2.24) is 14.7 Å². The van der Waals surface area contributed by atoms with Gasteiger partial charge in [-0.15, -0.1) is 0 Å². The number of benzene rings is 2. The summed E-state index contributed by atoms with van der Waals surface area (Å²) in [6, 6.07) is 6.05. The summed E-state index contributed by atoms with van der Waals surface area (Å²) in [6.07, 6.45) is -8.33. The maximum Gasteiger partial charge on any atom is 0.416 e. The SMILES string of the molecule is C[C@@H]1CN(CCN2CCN(C(=O)c3cc(C(F)(F)F)cc(S(C)(=O)=O)c3)[C@H](Cc3ccc(C(F)(F)F)cc3)C2)C[C@H](C)O1. The maximum absolute atomic E-state index is 13.7. The first kappa shape index (κ1) is 33.2. The lowest BCUT2D eigenvalue weighted by Gasteiger charge is -2.43. The number of halogens is 6. The van der Waals surface area contributed by atoms with Gasteiger partial charge in [-0.3, -0.25) is 14.6 Å². The number of amides is 1. The molecule has 0 bridgehead atoms. The summed E-state index contributed by atoms with van der Waals surface area (Å²) in [5.41, 5.74) is -1.97. The molecule has 43 heavy (non-hydrogen) atoms. The van der Waals surface area contributed by atoms with Crippen molar-refractivity contribution < 1.29 is 44.3 Å². The van der Waals surface area contributed by atoms with Crippen molar-refractivity contribution in [3.8, 4) is 0 Å².